The number of carbonyl (C=O) groups excluding carboxylic acids is 1. The van der Waals surface area contributed by atoms with Crippen LogP contribution in [0.2, 0.25) is 5.15 Å². The van der Waals surface area contributed by atoms with Crippen molar-refractivity contribution in [1.82, 2.24) is 19.9 Å². The van der Waals surface area contributed by atoms with E-state index >= 15 is 0 Å². The lowest BCUT2D eigenvalue weighted by Gasteiger charge is -2.07. The molecule has 3 N–H and O–H groups in total. The van der Waals surface area contributed by atoms with Crippen LogP contribution in [0.25, 0.3) is 33.4 Å². The summed E-state index contributed by atoms with van der Waals surface area (Å²) < 4.78 is 0. The minimum absolute atomic E-state index is 0.202. The molecule has 29 heavy (non-hydrogen) atoms. The topological polar surface area (TPSA) is 104 Å². The minimum Gasteiger partial charge on any atom is -0.389 e. The molecule has 4 rings (SSSR count). The Labute approximate surface area is 171 Å². The number of aliphatic hydroxyl groups excluding tert-OH is 1. The highest BCUT2D eigenvalue weighted by atomic mass is 35.5. The first-order valence-electron chi connectivity index (χ1n) is 8.98. The number of hydrogen-bond acceptors (Lipinski definition) is 5. The fourth-order valence-corrected chi connectivity index (χ4v) is 3.42. The van der Waals surface area contributed by atoms with Gasteiger partial charge in [-0.05, 0) is 37.3 Å². The molecule has 0 saturated heterocycles. The number of aromatic nitrogens is 4. The van der Waals surface area contributed by atoms with Crippen LogP contribution >= 0.6 is 11.6 Å². The zero-order valence-corrected chi connectivity index (χ0v) is 16.5. The van der Waals surface area contributed by atoms with E-state index in [0.717, 1.165) is 33.5 Å². The summed E-state index contributed by atoms with van der Waals surface area (Å²) in [6, 6.07) is 8.99. The van der Waals surface area contributed by atoms with Gasteiger partial charge >= 0.3 is 0 Å². The molecule has 146 valence electrons. The van der Waals surface area contributed by atoms with Crippen LogP contribution in [0.5, 0.6) is 0 Å². The van der Waals surface area contributed by atoms with Crippen molar-refractivity contribution in [1.29, 1.82) is 0 Å². The first-order chi connectivity index (χ1) is 13.9. The van der Waals surface area contributed by atoms with E-state index in [2.05, 4.69) is 25.3 Å². The molecule has 0 saturated carbocycles. The predicted octanol–water partition coefficient (Wildman–Crippen LogP) is 4.35. The number of hydrogen-bond donors (Lipinski definition) is 3. The first kappa shape index (κ1) is 19.0. The van der Waals surface area contributed by atoms with Crippen LogP contribution < -0.4 is 5.32 Å². The summed E-state index contributed by atoms with van der Waals surface area (Å²) in [7, 11) is 0. The Kier molecular flexibility index (Phi) is 5.00. The van der Waals surface area contributed by atoms with Crippen LogP contribution in [0.1, 0.15) is 25.5 Å². The molecule has 4 aromatic rings. The van der Waals surface area contributed by atoms with Crippen molar-refractivity contribution in [2.45, 2.75) is 20.0 Å². The zero-order valence-electron chi connectivity index (χ0n) is 15.8. The molecule has 0 fully saturated rings. The Hall–Kier alpha value is -3.29. The van der Waals surface area contributed by atoms with Crippen molar-refractivity contribution in [2.24, 2.45) is 0 Å². The van der Waals surface area contributed by atoms with E-state index in [4.69, 9.17) is 11.6 Å². The number of amides is 1. The molecular formula is C21H18ClN5O2. The average Bonchev–Trinajstić information content (AvgIpc) is 3.08. The quantitative estimate of drug-likeness (QED) is 0.436. The van der Waals surface area contributed by atoms with Crippen LogP contribution in [0.4, 0.5) is 5.82 Å². The first-order valence-corrected chi connectivity index (χ1v) is 9.36. The number of anilines is 1. The molecule has 0 spiro atoms. The van der Waals surface area contributed by atoms with Gasteiger partial charge in [-0.3, -0.25) is 9.78 Å². The van der Waals surface area contributed by atoms with Gasteiger partial charge in [0.05, 0.1) is 22.8 Å². The summed E-state index contributed by atoms with van der Waals surface area (Å²) in [6.45, 7) is 3.14. The number of carbonyl (C=O) groups is 1. The SMILES string of the molecule is CC(=O)Nc1cc(-c2[nH]c3c(C(C)O)ccnc3c2-c2ccc(Cl)nc2)ccn1. The highest BCUT2D eigenvalue weighted by Crippen LogP contribution is 2.39. The van der Waals surface area contributed by atoms with Crippen LogP contribution in [0.15, 0.2) is 48.9 Å². The number of pyridine rings is 3. The maximum atomic E-state index is 11.4. The van der Waals surface area contributed by atoms with Gasteiger partial charge in [0.25, 0.3) is 0 Å². The van der Waals surface area contributed by atoms with Gasteiger partial charge in [-0.2, -0.15) is 0 Å². The van der Waals surface area contributed by atoms with Gasteiger partial charge in [-0.1, -0.05) is 11.6 Å². The van der Waals surface area contributed by atoms with Gasteiger partial charge in [0, 0.05) is 47.8 Å². The van der Waals surface area contributed by atoms with E-state index in [1.54, 1.807) is 43.7 Å². The summed E-state index contributed by atoms with van der Waals surface area (Å²) in [6.07, 6.45) is 4.31. The molecule has 0 aliphatic rings. The van der Waals surface area contributed by atoms with Gasteiger partial charge in [0.15, 0.2) is 0 Å². The van der Waals surface area contributed by atoms with E-state index in [1.807, 2.05) is 12.1 Å². The number of halogens is 1. The second kappa shape index (κ2) is 7.62. The molecule has 1 atom stereocenters. The van der Waals surface area contributed by atoms with Crippen LogP contribution in [-0.4, -0.2) is 30.9 Å². The molecule has 0 aromatic carbocycles. The van der Waals surface area contributed by atoms with E-state index in [9.17, 15) is 9.90 Å². The fourth-order valence-electron chi connectivity index (χ4n) is 3.31. The lowest BCUT2D eigenvalue weighted by molar-refractivity contribution is -0.114. The molecule has 4 heterocycles. The number of aliphatic hydroxyl groups is 1. The van der Waals surface area contributed by atoms with Crippen LogP contribution in [0, 0.1) is 0 Å². The Morgan fingerprint density at radius 2 is 1.93 bits per heavy atom. The number of fused-ring (bicyclic) bond motifs is 1. The Balaban J connectivity index is 2.00. The fraction of sp³-hybridized carbons (Fsp3) is 0.143. The second-order valence-corrected chi connectivity index (χ2v) is 7.04. The highest BCUT2D eigenvalue weighted by Gasteiger charge is 2.20. The van der Waals surface area contributed by atoms with Gasteiger partial charge < -0.3 is 15.4 Å². The monoisotopic (exact) mass is 407 g/mol. The summed E-state index contributed by atoms with van der Waals surface area (Å²) >= 11 is 5.97. The average molecular weight is 408 g/mol. The van der Waals surface area contributed by atoms with Crippen molar-refractivity contribution in [3.63, 3.8) is 0 Å². The Morgan fingerprint density at radius 1 is 1.14 bits per heavy atom. The van der Waals surface area contributed by atoms with Gasteiger partial charge in [0.1, 0.15) is 11.0 Å². The molecule has 1 amide bonds. The third-order valence-electron chi connectivity index (χ3n) is 4.54. The van der Waals surface area contributed by atoms with Crippen LogP contribution in [0.3, 0.4) is 0 Å². The van der Waals surface area contributed by atoms with Crippen molar-refractivity contribution < 1.29 is 9.90 Å². The molecule has 0 bridgehead atoms. The molecule has 8 heteroatoms. The molecule has 7 nitrogen and oxygen atoms in total. The zero-order chi connectivity index (χ0) is 20.5. The van der Waals surface area contributed by atoms with Crippen molar-refractivity contribution in [3.8, 4) is 22.4 Å². The number of nitrogens with one attached hydrogen (secondary N) is 2. The van der Waals surface area contributed by atoms with E-state index in [-0.39, 0.29) is 5.91 Å². The molecule has 0 radical (unpaired) electrons. The summed E-state index contributed by atoms with van der Waals surface area (Å²) in [5.41, 5.74) is 5.42. The van der Waals surface area contributed by atoms with Crippen molar-refractivity contribution in [3.05, 3.63) is 59.6 Å². The maximum Gasteiger partial charge on any atom is 0.222 e. The Bertz CT molecular complexity index is 1200. The third-order valence-corrected chi connectivity index (χ3v) is 4.76. The second-order valence-electron chi connectivity index (χ2n) is 6.66. The van der Waals surface area contributed by atoms with E-state index in [1.165, 1.54) is 6.92 Å². The summed E-state index contributed by atoms with van der Waals surface area (Å²) in [5, 5.41) is 13.3. The molecular weight excluding hydrogens is 390 g/mol. The number of aromatic amines is 1. The molecule has 4 aromatic heterocycles. The Morgan fingerprint density at radius 3 is 2.62 bits per heavy atom. The molecule has 1 unspecified atom stereocenters. The molecule has 0 aliphatic heterocycles. The summed E-state index contributed by atoms with van der Waals surface area (Å²) in [4.78, 5) is 27.8. The number of rotatable bonds is 4. The number of H-pyrrole nitrogens is 1. The van der Waals surface area contributed by atoms with Gasteiger partial charge in [-0.15, -0.1) is 0 Å². The molecule has 0 aliphatic carbocycles. The normalized spacial score (nSPS) is 12.1. The van der Waals surface area contributed by atoms with Crippen molar-refractivity contribution >= 4 is 34.4 Å². The smallest absolute Gasteiger partial charge is 0.222 e. The van der Waals surface area contributed by atoms with Gasteiger partial charge in [-0.25, -0.2) is 9.97 Å². The number of nitrogens with zero attached hydrogens (tertiary/aromatic N) is 3. The lowest BCUT2D eigenvalue weighted by Crippen LogP contribution is -2.07. The maximum absolute atomic E-state index is 11.4. The van der Waals surface area contributed by atoms with E-state index < -0.39 is 6.10 Å². The van der Waals surface area contributed by atoms with E-state index in [0.29, 0.717) is 16.5 Å². The highest BCUT2D eigenvalue weighted by molar-refractivity contribution is 6.29. The van der Waals surface area contributed by atoms with Crippen molar-refractivity contribution in [2.75, 3.05) is 5.32 Å². The lowest BCUT2D eigenvalue weighted by atomic mass is 10.0. The van der Waals surface area contributed by atoms with Crippen LogP contribution in [-0.2, 0) is 4.79 Å². The van der Waals surface area contributed by atoms with Gasteiger partial charge in [0.2, 0.25) is 5.91 Å². The predicted molar refractivity (Wildman–Crippen MR) is 113 cm³/mol. The summed E-state index contributed by atoms with van der Waals surface area (Å²) in [5.74, 6) is 0.240. The standard InChI is InChI=1S/C21H18ClN5O2/c1-11(28)15-6-8-24-21-18(14-3-4-16(22)25-10-14)19(27-20(15)21)13-5-7-23-17(9-13)26-12(2)29/h3-11,27-28H,1-2H3,(H,23,26,29). The largest absolute Gasteiger partial charge is 0.389 e. The minimum atomic E-state index is -0.671. The third kappa shape index (κ3) is 3.70.